The van der Waals surface area contributed by atoms with E-state index in [4.69, 9.17) is 17.3 Å². The molecule has 3 aromatic carbocycles. The van der Waals surface area contributed by atoms with Gasteiger partial charge in [0.1, 0.15) is 0 Å². The van der Waals surface area contributed by atoms with E-state index in [2.05, 4.69) is 31.6 Å². The van der Waals surface area contributed by atoms with Crippen molar-refractivity contribution in [1.82, 2.24) is 5.32 Å². The summed E-state index contributed by atoms with van der Waals surface area (Å²) in [5, 5.41) is 6.13. The molecule has 3 aromatic rings. The van der Waals surface area contributed by atoms with E-state index in [1.165, 1.54) is 6.92 Å². The van der Waals surface area contributed by atoms with Crippen LogP contribution in [-0.2, 0) is 4.79 Å². The fourth-order valence-corrected chi connectivity index (χ4v) is 3.60. The third-order valence-electron chi connectivity index (χ3n) is 5.09. The average molecular weight is 543 g/mol. The number of guanidine groups is 1. The number of rotatable bonds is 6. The summed E-state index contributed by atoms with van der Waals surface area (Å²) < 4.78 is 0.937. The molecular formula is C25H25BrClN5O2. The SMILES string of the molecule is CC(=O)NC(C)c1ccc(Cl)c(N=C(N)N(C)c2ccc(C(=O)Nc3ccc(Br)cc3)cc2)c1. The third kappa shape index (κ3) is 6.59. The van der Waals surface area contributed by atoms with E-state index in [9.17, 15) is 9.59 Å². The third-order valence-corrected chi connectivity index (χ3v) is 5.94. The normalized spacial score (nSPS) is 12.1. The Kier molecular flexibility index (Phi) is 8.31. The monoisotopic (exact) mass is 541 g/mol. The van der Waals surface area contributed by atoms with Crippen LogP contribution in [0.25, 0.3) is 0 Å². The summed E-state index contributed by atoms with van der Waals surface area (Å²) >= 11 is 9.69. The first kappa shape index (κ1) is 25.3. The zero-order chi connectivity index (χ0) is 24.8. The number of nitrogens with one attached hydrogen (secondary N) is 2. The first-order valence-corrected chi connectivity index (χ1v) is 11.6. The van der Waals surface area contributed by atoms with Gasteiger partial charge in [-0.25, -0.2) is 4.99 Å². The summed E-state index contributed by atoms with van der Waals surface area (Å²) in [7, 11) is 1.77. The second kappa shape index (κ2) is 11.2. The van der Waals surface area contributed by atoms with Gasteiger partial charge in [0.15, 0.2) is 0 Å². The van der Waals surface area contributed by atoms with Crippen LogP contribution in [-0.4, -0.2) is 24.8 Å². The zero-order valence-corrected chi connectivity index (χ0v) is 21.3. The second-order valence-corrected chi connectivity index (χ2v) is 8.99. The van der Waals surface area contributed by atoms with Crippen molar-refractivity contribution >= 4 is 62.4 Å². The Labute approximate surface area is 212 Å². The number of carbonyl (C=O) groups is 2. The van der Waals surface area contributed by atoms with Crippen LogP contribution in [0.5, 0.6) is 0 Å². The minimum Gasteiger partial charge on any atom is -0.369 e. The molecule has 0 saturated carbocycles. The first-order valence-electron chi connectivity index (χ1n) is 10.5. The Balaban J connectivity index is 1.74. The average Bonchev–Trinajstić information content (AvgIpc) is 2.81. The number of benzene rings is 3. The molecule has 7 nitrogen and oxygen atoms in total. The number of aliphatic imine (C=N–C) groups is 1. The van der Waals surface area contributed by atoms with Crippen molar-refractivity contribution in [3.05, 3.63) is 87.4 Å². The molecule has 0 aromatic heterocycles. The minimum absolute atomic E-state index is 0.124. The topological polar surface area (TPSA) is 99.8 Å². The number of hydrogen-bond acceptors (Lipinski definition) is 3. The number of carbonyl (C=O) groups excluding carboxylic acids is 2. The second-order valence-electron chi connectivity index (χ2n) is 7.67. The van der Waals surface area contributed by atoms with E-state index in [0.29, 0.717) is 22.0 Å². The standard InChI is InChI=1S/C25H25BrClN5O2/c1-15(29-16(2)33)18-6-13-22(27)23(14-18)31-25(28)32(3)21-11-4-17(5-12-21)24(34)30-20-9-7-19(26)8-10-20/h4-15H,1-3H3,(H2,28,31)(H,29,33)(H,30,34). The van der Waals surface area contributed by atoms with Crippen molar-refractivity contribution in [3.63, 3.8) is 0 Å². The van der Waals surface area contributed by atoms with Crippen LogP contribution >= 0.6 is 27.5 Å². The van der Waals surface area contributed by atoms with E-state index >= 15 is 0 Å². The van der Waals surface area contributed by atoms with Crippen molar-refractivity contribution < 1.29 is 9.59 Å². The van der Waals surface area contributed by atoms with Gasteiger partial charge in [0.25, 0.3) is 5.91 Å². The predicted octanol–water partition coefficient (Wildman–Crippen LogP) is 5.63. The highest BCUT2D eigenvalue weighted by Gasteiger charge is 2.12. The number of nitrogens with two attached hydrogens (primary N) is 1. The van der Waals surface area contributed by atoms with Crippen LogP contribution in [0.15, 0.2) is 76.2 Å². The van der Waals surface area contributed by atoms with Gasteiger partial charge in [0.05, 0.1) is 16.8 Å². The lowest BCUT2D eigenvalue weighted by atomic mass is 10.1. The molecule has 176 valence electrons. The molecule has 0 bridgehead atoms. The maximum atomic E-state index is 12.5. The number of hydrogen-bond donors (Lipinski definition) is 3. The first-order chi connectivity index (χ1) is 16.1. The molecule has 0 heterocycles. The molecule has 0 fully saturated rings. The molecule has 1 unspecified atom stereocenters. The van der Waals surface area contributed by atoms with Crippen LogP contribution in [0.4, 0.5) is 17.1 Å². The Morgan fingerprint density at radius 3 is 2.32 bits per heavy atom. The van der Waals surface area contributed by atoms with Gasteiger partial charge in [0, 0.05) is 35.4 Å². The van der Waals surface area contributed by atoms with Crippen molar-refractivity contribution in [3.8, 4) is 0 Å². The Morgan fingerprint density at radius 2 is 1.71 bits per heavy atom. The summed E-state index contributed by atoms with van der Waals surface area (Å²) in [6.45, 7) is 3.34. The Bertz CT molecular complexity index is 1210. The molecular weight excluding hydrogens is 518 g/mol. The van der Waals surface area contributed by atoms with Crippen molar-refractivity contribution in [2.75, 3.05) is 17.3 Å². The molecule has 0 aliphatic carbocycles. The summed E-state index contributed by atoms with van der Waals surface area (Å²) in [4.78, 5) is 30.0. The fraction of sp³-hybridized carbons (Fsp3) is 0.160. The molecule has 34 heavy (non-hydrogen) atoms. The van der Waals surface area contributed by atoms with E-state index in [-0.39, 0.29) is 23.8 Å². The quantitative estimate of drug-likeness (QED) is 0.277. The van der Waals surface area contributed by atoms with Gasteiger partial charge >= 0.3 is 0 Å². The fourth-order valence-electron chi connectivity index (χ4n) is 3.18. The molecule has 4 N–H and O–H groups in total. The molecule has 0 spiro atoms. The number of amides is 2. The van der Waals surface area contributed by atoms with Gasteiger partial charge in [-0.15, -0.1) is 0 Å². The van der Waals surface area contributed by atoms with E-state index in [1.54, 1.807) is 48.3 Å². The minimum atomic E-state index is -0.213. The van der Waals surface area contributed by atoms with Crippen LogP contribution in [0.1, 0.15) is 35.8 Å². The molecule has 9 heteroatoms. The molecule has 0 saturated heterocycles. The van der Waals surface area contributed by atoms with Gasteiger partial charge in [-0.05, 0) is 73.2 Å². The van der Waals surface area contributed by atoms with Crippen LogP contribution in [0.3, 0.4) is 0 Å². The van der Waals surface area contributed by atoms with E-state index in [1.807, 2.05) is 37.3 Å². The number of nitrogens with zero attached hydrogens (tertiary/aromatic N) is 2. The van der Waals surface area contributed by atoms with Crippen LogP contribution < -0.4 is 21.3 Å². The largest absolute Gasteiger partial charge is 0.369 e. The highest BCUT2D eigenvalue weighted by Crippen LogP contribution is 2.29. The summed E-state index contributed by atoms with van der Waals surface area (Å²) in [6.07, 6.45) is 0. The number of halogens is 2. The van der Waals surface area contributed by atoms with E-state index in [0.717, 1.165) is 15.7 Å². The van der Waals surface area contributed by atoms with Gasteiger partial charge < -0.3 is 21.3 Å². The van der Waals surface area contributed by atoms with Crippen molar-refractivity contribution in [2.45, 2.75) is 19.9 Å². The van der Waals surface area contributed by atoms with Gasteiger partial charge in [0.2, 0.25) is 11.9 Å². The van der Waals surface area contributed by atoms with Crippen LogP contribution in [0.2, 0.25) is 5.02 Å². The van der Waals surface area contributed by atoms with Crippen molar-refractivity contribution in [1.29, 1.82) is 0 Å². The lowest BCUT2D eigenvalue weighted by molar-refractivity contribution is -0.119. The van der Waals surface area contributed by atoms with Crippen LogP contribution in [0, 0.1) is 0 Å². The highest BCUT2D eigenvalue weighted by molar-refractivity contribution is 9.10. The predicted molar refractivity (Wildman–Crippen MR) is 142 cm³/mol. The summed E-state index contributed by atoms with van der Waals surface area (Å²) in [6, 6.07) is 19.5. The van der Waals surface area contributed by atoms with Gasteiger partial charge in [-0.2, -0.15) is 0 Å². The maximum Gasteiger partial charge on any atom is 0.255 e. The lowest BCUT2D eigenvalue weighted by Crippen LogP contribution is -2.33. The highest BCUT2D eigenvalue weighted by atomic mass is 79.9. The molecule has 2 amide bonds. The molecule has 0 aliphatic heterocycles. The van der Waals surface area contributed by atoms with Crippen molar-refractivity contribution in [2.24, 2.45) is 10.7 Å². The molecule has 0 radical (unpaired) electrons. The smallest absolute Gasteiger partial charge is 0.255 e. The van der Waals surface area contributed by atoms with Gasteiger partial charge in [-0.3, -0.25) is 9.59 Å². The molecule has 0 aliphatic rings. The lowest BCUT2D eigenvalue weighted by Gasteiger charge is -2.19. The summed E-state index contributed by atoms with van der Waals surface area (Å²) in [5.74, 6) is -0.117. The Hall–Kier alpha value is -3.36. The number of anilines is 2. The maximum absolute atomic E-state index is 12.5. The molecule has 1 atom stereocenters. The zero-order valence-electron chi connectivity index (χ0n) is 19.0. The Morgan fingerprint density at radius 1 is 1.06 bits per heavy atom. The molecule has 3 rings (SSSR count). The summed E-state index contributed by atoms with van der Waals surface area (Å²) in [5.41, 5.74) is 9.55. The van der Waals surface area contributed by atoms with E-state index < -0.39 is 0 Å². The van der Waals surface area contributed by atoms with Gasteiger partial charge in [-0.1, -0.05) is 33.6 Å².